The minimum atomic E-state index is 0.0867. The number of para-hydroxylation sites is 1. The third-order valence-electron chi connectivity index (χ3n) is 5.05. The lowest BCUT2D eigenvalue weighted by Gasteiger charge is -2.27. The number of rotatable bonds is 3. The Bertz CT molecular complexity index is 974. The van der Waals surface area contributed by atoms with E-state index < -0.39 is 0 Å². The van der Waals surface area contributed by atoms with Gasteiger partial charge in [0.25, 0.3) is 5.91 Å². The van der Waals surface area contributed by atoms with E-state index in [1.54, 1.807) is 6.20 Å². The van der Waals surface area contributed by atoms with Crippen LogP contribution < -0.4 is 5.32 Å². The molecule has 1 amide bonds. The fourth-order valence-corrected chi connectivity index (χ4v) is 4.91. The van der Waals surface area contributed by atoms with Crippen LogP contribution in [0.4, 0.5) is 10.7 Å². The van der Waals surface area contributed by atoms with Crippen LogP contribution in [-0.2, 0) is 17.6 Å². The third kappa shape index (κ3) is 2.93. The Hall–Kier alpha value is -2.64. The molecule has 6 nitrogen and oxygen atoms in total. The molecule has 0 spiro atoms. The molecule has 3 heterocycles. The number of aryl methyl sites for hydroxylation is 1. The van der Waals surface area contributed by atoms with Gasteiger partial charge in [0, 0.05) is 24.3 Å². The molecular formula is C20H19N3O3S. The van der Waals surface area contributed by atoms with Crippen LogP contribution in [0.15, 0.2) is 41.1 Å². The Balaban J connectivity index is 1.59. The van der Waals surface area contributed by atoms with Gasteiger partial charge >= 0.3 is 0 Å². The minimum absolute atomic E-state index is 0.0867. The average molecular weight is 381 g/mol. The first-order valence-electron chi connectivity index (χ1n) is 9.10. The maximum Gasteiger partial charge on any atom is 0.264 e. The molecular weight excluding hydrogens is 362 g/mol. The Labute approximate surface area is 160 Å². The van der Waals surface area contributed by atoms with Gasteiger partial charge in [0.15, 0.2) is 5.76 Å². The quantitative estimate of drug-likeness (QED) is 0.749. The summed E-state index contributed by atoms with van der Waals surface area (Å²) in [5.41, 5.74) is 4.14. The second-order valence-electron chi connectivity index (χ2n) is 6.69. The van der Waals surface area contributed by atoms with Gasteiger partial charge in [0.1, 0.15) is 5.00 Å². The maximum atomic E-state index is 13.2. The predicted molar refractivity (Wildman–Crippen MR) is 104 cm³/mol. The summed E-state index contributed by atoms with van der Waals surface area (Å²) >= 11 is 1.51. The monoisotopic (exact) mass is 381 g/mol. The molecule has 2 aliphatic rings. The number of amides is 1. The van der Waals surface area contributed by atoms with Crippen molar-refractivity contribution >= 4 is 27.9 Å². The number of carbonyl (C=O) groups excluding carboxylic acids is 1. The van der Waals surface area contributed by atoms with E-state index >= 15 is 0 Å². The van der Waals surface area contributed by atoms with Crippen molar-refractivity contribution < 1.29 is 14.1 Å². The number of hydrogen-bond acceptors (Lipinski definition) is 6. The summed E-state index contributed by atoms with van der Waals surface area (Å²) in [6.07, 6.45) is 3.45. The topological polar surface area (TPSA) is 67.6 Å². The van der Waals surface area contributed by atoms with E-state index in [9.17, 15) is 4.79 Å². The van der Waals surface area contributed by atoms with Crippen molar-refractivity contribution in [2.75, 3.05) is 31.6 Å². The number of carbonyl (C=O) groups is 1. The fraction of sp³-hybridized carbons (Fsp3) is 0.300. The highest BCUT2D eigenvalue weighted by Gasteiger charge is 2.33. The Morgan fingerprint density at radius 2 is 1.96 bits per heavy atom. The lowest BCUT2D eigenvalue weighted by atomic mass is 9.92. The molecule has 138 valence electrons. The molecule has 0 unspecified atom stereocenters. The fourth-order valence-electron chi connectivity index (χ4n) is 3.67. The summed E-state index contributed by atoms with van der Waals surface area (Å²) in [5, 5.41) is 8.40. The number of anilines is 2. The minimum Gasteiger partial charge on any atom is -0.378 e. The first-order chi connectivity index (χ1) is 13.3. The summed E-state index contributed by atoms with van der Waals surface area (Å²) in [6.45, 7) is 2.47. The number of aromatic nitrogens is 1. The normalized spacial score (nSPS) is 15.9. The summed E-state index contributed by atoms with van der Waals surface area (Å²) in [4.78, 5) is 15.9. The second-order valence-corrected chi connectivity index (χ2v) is 7.71. The van der Waals surface area contributed by atoms with Gasteiger partial charge < -0.3 is 19.5 Å². The predicted octanol–water partition coefficient (Wildman–Crippen LogP) is 3.72. The Kier molecular flexibility index (Phi) is 4.18. The molecule has 1 saturated heterocycles. The molecule has 1 fully saturated rings. The molecule has 0 saturated carbocycles. The van der Waals surface area contributed by atoms with Gasteiger partial charge in [-0.2, -0.15) is 0 Å². The number of thiophene rings is 1. The van der Waals surface area contributed by atoms with Crippen LogP contribution in [0, 0.1) is 0 Å². The number of morpholine rings is 1. The van der Waals surface area contributed by atoms with E-state index in [4.69, 9.17) is 9.26 Å². The molecule has 7 heteroatoms. The van der Waals surface area contributed by atoms with Gasteiger partial charge in [-0.1, -0.05) is 23.4 Å². The van der Waals surface area contributed by atoms with Crippen LogP contribution in [0.5, 0.6) is 0 Å². The van der Waals surface area contributed by atoms with E-state index in [1.807, 2.05) is 35.2 Å². The lowest BCUT2D eigenvalue weighted by molar-refractivity contribution is 0.0305. The molecule has 0 atom stereocenters. The largest absolute Gasteiger partial charge is 0.378 e. The first-order valence-corrected chi connectivity index (χ1v) is 9.91. The molecule has 0 radical (unpaired) electrons. The highest BCUT2D eigenvalue weighted by atomic mass is 32.1. The van der Waals surface area contributed by atoms with Crippen molar-refractivity contribution in [3.8, 4) is 11.3 Å². The summed E-state index contributed by atoms with van der Waals surface area (Å²) < 4.78 is 11.0. The molecule has 3 aromatic rings. The summed E-state index contributed by atoms with van der Waals surface area (Å²) in [6, 6.07) is 9.99. The maximum absolute atomic E-state index is 13.2. The van der Waals surface area contributed by atoms with Gasteiger partial charge in [-0.15, -0.1) is 11.3 Å². The molecule has 1 N–H and O–H groups in total. The van der Waals surface area contributed by atoms with Gasteiger partial charge in [-0.05, 0) is 30.5 Å². The zero-order chi connectivity index (χ0) is 18.2. The zero-order valence-corrected chi connectivity index (χ0v) is 15.6. The molecule has 1 aromatic carbocycles. The smallest absolute Gasteiger partial charge is 0.264 e. The molecule has 1 aliphatic carbocycles. The summed E-state index contributed by atoms with van der Waals surface area (Å²) in [5.74, 6) is 0.871. The van der Waals surface area contributed by atoms with Crippen molar-refractivity contribution in [2.24, 2.45) is 0 Å². The third-order valence-corrected chi connectivity index (χ3v) is 6.18. The van der Waals surface area contributed by atoms with Gasteiger partial charge in [0.2, 0.25) is 0 Å². The molecule has 1 aliphatic heterocycles. The number of ether oxygens (including phenoxy) is 1. The number of benzene rings is 1. The lowest BCUT2D eigenvalue weighted by Crippen LogP contribution is -2.40. The average Bonchev–Trinajstić information content (AvgIpc) is 3.33. The van der Waals surface area contributed by atoms with Crippen LogP contribution in [0.25, 0.3) is 11.3 Å². The van der Waals surface area contributed by atoms with Crippen LogP contribution in [0.2, 0.25) is 0 Å². The number of nitrogens with zero attached hydrogens (tertiary/aromatic N) is 2. The Morgan fingerprint density at radius 3 is 2.78 bits per heavy atom. The number of fused-ring (bicyclic) bond motifs is 3. The highest BCUT2D eigenvalue weighted by Crippen LogP contribution is 2.47. The number of nitrogens with one attached hydrogen (secondary N) is 1. The van der Waals surface area contributed by atoms with Crippen LogP contribution in [-0.4, -0.2) is 42.3 Å². The Morgan fingerprint density at radius 1 is 1.15 bits per heavy atom. The van der Waals surface area contributed by atoms with Gasteiger partial charge in [-0.3, -0.25) is 4.79 Å². The van der Waals surface area contributed by atoms with Gasteiger partial charge in [-0.25, -0.2) is 0 Å². The van der Waals surface area contributed by atoms with E-state index in [0.29, 0.717) is 26.3 Å². The van der Waals surface area contributed by atoms with Crippen molar-refractivity contribution in [2.45, 2.75) is 12.8 Å². The second kappa shape index (κ2) is 6.83. The molecule has 0 bridgehead atoms. The van der Waals surface area contributed by atoms with Crippen molar-refractivity contribution in [3.05, 3.63) is 52.5 Å². The van der Waals surface area contributed by atoms with Crippen molar-refractivity contribution in [3.63, 3.8) is 0 Å². The van der Waals surface area contributed by atoms with Crippen LogP contribution >= 0.6 is 11.3 Å². The highest BCUT2D eigenvalue weighted by molar-refractivity contribution is 7.19. The van der Waals surface area contributed by atoms with E-state index in [0.717, 1.165) is 50.9 Å². The van der Waals surface area contributed by atoms with Crippen molar-refractivity contribution in [1.29, 1.82) is 0 Å². The zero-order valence-electron chi connectivity index (χ0n) is 14.7. The van der Waals surface area contributed by atoms with E-state index in [2.05, 4.69) is 10.5 Å². The van der Waals surface area contributed by atoms with E-state index in [1.165, 1.54) is 11.3 Å². The van der Waals surface area contributed by atoms with Gasteiger partial charge in [0.05, 0.1) is 29.9 Å². The van der Waals surface area contributed by atoms with Crippen molar-refractivity contribution in [1.82, 2.24) is 10.1 Å². The molecule has 5 rings (SSSR count). The number of hydrogen-bond donors (Lipinski definition) is 1. The van der Waals surface area contributed by atoms with Crippen LogP contribution in [0.1, 0.15) is 20.8 Å². The SMILES string of the molecule is O=C(c1sc(Nc2ccccc2)c2c1CCc1cnoc1-2)N1CCOCC1. The van der Waals surface area contributed by atoms with E-state index in [-0.39, 0.29) is 5.91 Å². The standard InChI is InChI=1S/C20H19N3O3S/c24-20(23-8-10-25-11-9-23)18-15-7-6-13-12-21-26-17(13)16(15)19(27-18)22-14-4-2-1-3-5-14/h1-5,12,22H,6-11H2. The van der Waals surface area contributed by atoms with Crippen LogP contribution in [0.3, 0.4) is 0 Å². The molecule has 27 heavy (non-hydrogen) atoms. The molecule has 2 aromatic heterocycles. The first kappa shape index (κ1) is 16.5. The summed E-state index contributed by atoms with van der Waals surface area (Å²) in [7, 11) is 0.